The average Bonchev–Trinajstić information content (AvgIpc) is 3.61. The molecule has 9 aromatic rings. The maximum atomic E-state index is 9.10. The quantitative estimate of drug-likeness (QED) is 0.128. The van der Waals surface area contributed by atoms with Gasteiger partial charge in [0.05, 0.1) is 6.85 Å². The first-order chi connectivity index (χ1) is 26.8. The highest BCUT2D eigenvalue weighted by Gasteiger charge is 2.41. The smallest absolute Gasteiger partial charge is 0.179 e. The third kappa shape index (κ3) is 5.03. The van der Waals surface area contributed by atoms with E-state index in [-0.39, 0.29) is 47.2 Å². The molecule has 7 aromatic carbocycles. The molecule has 236 valence electrons. The molecule has 0 saturated carbocycles. The Labute approximate surface area is 298 Å². The minimum absolute atomic E-state index is 0.0101. The van der Waals surface area contributed by atoms with E-state index in [2.05, 4.69) is 103 Å². The van der Waals surface area contributed by atoms with Crippen LogP contribution in [0.3, 0.4) is 0 Å². The third-order valence-electron chi connectivity index (χ3n) is 9.17. The minimum atomic E-state index is -2.78. The van der Waals surface area contributed by atoms with E-state index in [1.807, 2.05) is 42.5 Å². The van der Waals surface area contributed by atoms with E-state index in [0.717, 1.165) is 11.1 Å². The Bertz CT molecular complexity index is 2760. The molecule has 0 N–H and O–H groups in total. The summed E-state index contributed by atoms with van der Waals surface area (Å²) in [7, 11) is -2.78. The van der Waals surface area contributed by atoms with E-state index in [4.69, 9.17) is 26.2 Å². The second-order valence-corrected chi connectivity index (χ2v) is 15.8. The summed E-state index contributed by atoms with van der Waals surface area (Å²) in [6.45, 7) is 0. The second-order valence-electron chi connectivity index (χ2n) is 12.0. The molecule has 2 heterocycles. The van der Waals surface area contributed by atoms with Crippen LogP contribution in [0, 0.1) is 0 Å². The van der Waals surface area contributed by atoms with Crippen molar-refractivity contribution >= 4 is 50.8 Å². The molecular formula is C45H31N3OSi. The summed E-state index contributed by atoms with van der Waals surface area (Å²) in [5.41, 5.74) is 2.01. The molecule has 0 atom stereocenters. The fourth-order valence-corrected chi connectivity index (χ4v) is 11.7. The molecule has 2 aromatic heterocycles. The Hall–Kier alpha value is -6.43. The monoisotopic (exact) mass is 662 g/mol. The molecule has 9 rings (SSSR count). The minimum Gasteiger partial charge on any atom is -0.456 e. The second kappa shape index (κ2) is 12.5. The molecule has 0 aliphatic heterocycles. The topological polar surface area (TPSA) is 51.8 Å². The number of furan rings is 1. The number of hydrogen-bond donors (Lipinski definition) is 0. The first-order valence-electron chi connectivity index (χ1n) is 18.9. The number of rotatable bonds is 7. The van der Waals surface area contributed by atoms with Crippen LogP contribution in [-0.2, 0) is 0 Å². The Morgan fingerprint density at radius 1 is 0.420 bits per heavy atom. The highest BCUT2D eigenvalue weighted by atomic mass is 28.3. The van der Waals surface area contributed by atoms with Gasteiger partial charge in [-0.2, -0.15) is 0 Å². The Kier molecular flexibility index (Phi) is 6.19. The lowest BCUT2D eigenvalue weighted by molar-refractivity contribution is 0.669. The molecule has 0 spiro atoms. The lowest BCUT2D eigenvalue weighted by Crippen LogP contribution is -2.74. The van der Waals surface area contributed by atoms with Crippen molar-refractivity contribution in [3.8, 4) is 34.2 Å². The number of para-hydroxylation sites is 1. The lowest BCUT2D eigenvalue weighted by atomic mass is 10.1. The summed E-state index contributed by atoms with van der Waals surface area (Å²) in [4.78, 5) is 14.9. The van der Waals surface area contributed by atoms with Crippen molar-refractivity contribution in [2.45, 2.75) is 0 Å². The number of aromatic nitrogens is 3. The standard InChI is InChI=1S/C45H31N3OSi/c1-5-16-32(17-6-1)43-46-44(48-45(47-43)39-25-15-27-41-42(39)38-24-13-14-26-40(38)49-41)33-28-30-37(31-29-33)50(34-18-7-2-8-19-34,35-20-9-3-10-21-35)36-22-11-4-12-23-36/h1-31H/i13D,14D,25D,26D,27D. The Morgan fingerprint density at radius 3 is 1.50 bits per heavy atom. The molecular weight excluding hydrogens is 627 g/mol. The van der Waals surface area contributed by atoms with Gasteiger partial charge >= 0.3 is 0 Å². The van der Waals surface area contributed by atoms with Gasteiger partial charge in [-0.25, -0.2) is 15.0 Å². The molecule has 50 heavy (non-hydrogen) atoms. The highest BCUT2D eigenvalue weighted by Crippen LogP contribution is 2.36. The van der Waals surface area contributed by atoms with E-state index in [0.29, 0.717) is 28.0 Å². The number of benzene rings is 7. The molecule has 0 saturated heterocycles. The van der Waals surface area contributed by atoms with Gasteiger partial charge in [-0.1, -0.05) is 176 Å². The fourth-order valence-electron chi connectivity index (χ4n) is 6.91. The molecule has 0 amide bonds. The summed E-state index contributed by atoms with van der Waals surface area (Å²) in [6.07, 6.45) is 0. The SMILES string of the molecule is [2H]c1cc2c(oc3c([2H])cc([2H])c(-c4nc(-c5ccccc5)nc(-c5ccc([Si](c6ccccc6)(c6ccccc6)c6ccccc6)cc5)n4)c32)c([2H])c1[2H]. The van der Waals surface area contributed by atoms with Crippen molar-refractivity contribution in [2.75, 3.05) is 0 Å². The molecule has 0 aliphatic carbocycles. The summed E-state index contributed by atoms with van der Waals surface area (Å²) < 4.78 is 48.9. The van der Waals surface area contributed by atoms with Crippen LogP contribution in [-0.4, -0.2) is 23.0 Å². The molecule has 0 unspecified atom stereocenters. The lowest BCUT2D eigenvalue weighted by Gasteiger charge is -2.34. The zero-order chi connectivity index (χ0) is 37.7. The van der Waals surface area contributed by atoms with E-state index < -0.39 is 8.07 Å². The molecule has 0 fully saturated rings. The van der Waals surface area contributed by atoms with Gasteiger partial charge in [0.15, 0.2) is 25.5 Å². The van der Waals surface area contributed by atoms with E-state index in [1.165, 1.54) is 32.9 Å². The summed E-state index contributed by atoms with van der Waals surface area (Å²) >= 11 is 0. The largest absolute Gasteiger partial charge is 0.456 e. The van der Waals surface area contributed by atoms with Crippen molar-refractivity contribution in [3.05, 3.63) is 188 Å². The summed E-state index contributed by atoms with van der Waals surface area (Å²) in [5, 5.41) is 5.68. The Balaban J connectivity index is 1.28. The van der Waals surface area contributed by atoms with E-state index in [9.17, 15) is 0 Å². The van der Waals surface area contributed by atoms with Crippen LogP contribution in [0.2, 0.25) is 0 Å². The van der Waals surface area contributed by atoms with Gasteiger partial charge in [0, 0.05) is 27.5 Å². The van der Waals surface area contributed by atoms with Gasteiger partial charge in [-0.15, -0.1) is 0 Å². The number of hydrogen-bond acceptors (Lipinski definition) is 4. The van der Waals surface area contributed by atoms with Crippen molar-refractivity contribution in [1.82, 2.24) is 15.0 Å². The zero-order valence-electron chi connectivity index (χ0n) is 31.8. The molecule has 0 aliphatic rings. The van der Waals surface area contributed by atoms with Crippen LogP contribution in [0.1, 0.15) is 6.85 Å². The van der Waals surface area contributed by atoms with Gasteiger partial charge in [-0.3, -0.25) is 0 Å². The highest BCUT2D eigenvalue weighted by molar-refractivity contribution is 7.19. The molecule has 5 heteroatoms. The van der Waals surface area contributed by atoms with Crippen LogP contribution >= 0.6 is 0 Å². The normalized spacial score (nSPS) is 13.0. The number of nitrogens with zero attached hydrogens (tertiary/aromatic N) is 3. The maximum absolute atomic E-state index is 9.10. The molecule has 0 radical (unpaired) electrons. The molecule has 4 nitrogen and oxygen atoms in total. The Morgan fingerprint density at radius 2 is 0.920 bits per heavy atom. The van der Waals surface area contributed by atoms with E-state index >= 15 is 0 Å². The van der Waals surface area contributed by atoms with Gasteiger partial charge < -0.3 is 4.42 Å². The number of fused-ring (bicyclic) bond motifs is 3. The van der Waals surface area contributed by atoms with Crippen molar-refractivity contribution < 1.29 is 11.3 Å². The van der Waals surface area contributed by atoms with Crippen LogP contribution in [0.4, 0.5) is 0 Å². The predicted octanol–water partition coefficient (Wildman–Crippen LogP) is 8.15. The fraction of sp³-hybridized carbons (Fsp3) is 0. The average molecular weight is 663 g/mol. The van der Waals surface area contributed by atoms with Crippen molar-refractivity contribution in [3.63, 3.8) is 0 Å². The first kappa shape index (κ1) is 24.7. The van der Waals surface area contributed by atoms with Gasteiger partial charge in [-0.05, 0) is 32.8 Å². The van der Waals surface area contributed by atoms with Crippen LogP contribution in [0.5, 0.6) is 0 Å². The maximum Gasteiger partial charge on any atom is 0.179 e. The first-order valence-corrected chi connectivity index (χ1v) is 18.4. The summed E-state index contributed by atoms with van der Waals surface area (Å²) in [5.74, 6) is 0.991. The van der Waals surface area contributed by atoms with Crippen LogP contribution < -0.4 is 20.7 Å². The van der Waals surface area contributed by atoms with Crippen LogP contribution in [0.15, 0.2) is 192 Å². The van der Waals surface area contributed by atoms with Gasteiger partial charge in [0.25, 0.3) is 0 Å². The predicted molar refractivity (Wildman–Crippen MR) is 207 cm³/mol. The zero-order valence-corrected chi connectivity index (χ0v) is 27.8. The van der Waals surface area contributed by atoms with Gasteiger partial charge in [0.1, 0.15) is 11.2 Å². The molecule has 0 bridgehead atoms. The third-order valence-corrected chi connectivity index (χ3v) is 14.0. The summed E-state index contributed by atoms with van der Waals surface area (Å²) in [6, 6.07) is 52.2. The van der Waals surface area contributed by atoms with Crippen LogP contribution in [0.25, 0.3) is 56.1 Å². The van der Waals surface area contributed by atoms with Crippen molar-refractivity contribution in [2.24, 2.45) is 0 Å². The van der Waals surface area contributed by atoms with E-state index in [1.54, 1.807) is 0 Å². The van der Waals surface area contributed by atoms with Crippen molar-refractivity contribution in [1.29, 1.82) is 0 Å². The van der Waals surface area contributed by atoms with Gasteiger partial charge in [0.2, 0.25) is 0 Å².